The van der Waals surface area contributed by atoms with Crippen molar-refractivity contribution in [3.05, 3.63) is 34.3 Å². The van der Waals surface area contributed by atoms with E-state index in [4.69, 9.17) is 0 Å². The molecule has 0 saturated heterocycles. The zero-order valence-corrected chi connectivity index (χ0v) is 22.1. The van der Waals surface area contributed by atoms with Crippen LogP contribution in [-0.4, -0.2) is 33.3 Å². The lowest BCUT2D eigenvalue weighted by atomic mass is 9.53. The van der Waals surface area contributed by atoms with E-state index in [0.717, 1.165) is 49.1 Å². The summed E-state index contributed by atoms with van der Waals surface area (Å²) >= 11 is 1.50. The van der Waals surface area contributed by atoms with E-state index in [2.05, 4.69) is 42.5 Å². The zero-order chi connectivity index (χ0) is 24.9. The quantitative estimate of drug-likeness (QED) is 0.376. The van der Waals surface area contributed by atoms with Gasteiger partial charge in [-0.15, -0.1) is 11.3 Å². The number of phenols is 1. The van der Waals surface area contributed by atoms with Gasteiger partial charge in [-0.3, -0.25) is 4.79 Å². The Hall–Kier alpha value is -2.12. The Morgan fingerprint density at radius 2 is 2.11 bits per heavy atom. The molecule has 5 rings (SSSR count). The van der Waals surface area contributed by atoms with Crippen molar-refractivity contribution >= 4 is 28.1 Å². The molecule has 0 aliphatic heterocycles. The molecule has 3 unspecified atom stereocenters. The summed E-state index contributed by atoms with van der Waals surface area (Å²) in [6.07, 6.45) is 7.63. The van der Waals surface area contributed by atoms with Gasteiger partial charge in [0.05, 0.1) is 11.8 Å². The lowest BCUT2D eigenvalue weighted by Crippen LogP contribution is -2.45. The van der Waals surface area contributed by atoms with Crippen molar-refractivity contribution in [2.75, 3.05) is 10.6 Å². The van der Waals surface area contributed by atoms with Gasteiger partial charge < -0.3 is 20.8 Å². The third-order valence-corrected chi connectivity index (χ3v) is 9.85. The van der Waals surface area contributed by atoms with Crippen LogP contribution in [0.5, 0.6) is 5.75 Å². The van der Waals surface area contributed by atoms with Crippen molar-refractivity contribution in [1.29, 1.82) is 0 Å². The molecule has 0 spiro atoms. The second-order valence-electron chi connectivity index (χ2n) is 11.6. The first-order valence-electron chi connectivity index (χ1n) is 13.2. The van der Waals surface area contributed by atoms with Gasteiger partial charge in [0.15, 0.2) is 5.13 Å². The number of aryl methyl sites for hydroxylation is 1. The van der Waals surface area contributed by atoms with Crippen LogP contribution in [0, 0.1) is 30.1 Å². The number of hydrogen-bond acceptors (Lipinski definition) is 6. The molecule has 3 aliphatic rings. The molecule has 3 aliphatic carbocycles. The number of carbonyl (C=O) groups is 1. The fraction of sp³-hybridized carbons (Fsp3) is 0.643. The van der Waals surface area contributed by atoms with Crippen molar-refractivity contribution in [3.63, 3.8) is 0 Å². The third-order valence-electron chi connectivity index (χ3n) is 9.03. The van der Waals surface area contributed by atoms with E-state index < -0.39 is 0 Å². The minimum atomic E-state index is -0.303. The fourth-order valence-corrected chi connectivity index (χ4v) is 8.25. The van der Waals surface area contributed by atoms with Gasteiger partial charge >= 0.3 is 0 Å². The summed E-state index contributed by atoms with van der Waals surface area (Å²) in [4.78, 5) is 18.0. The normalized spacial score (nSPS) is 31.5. The molecular weight excluding hydrogens is 458 g/mol. The monoisotopic (exact) mass is 497 g/mol. The number of rotatable bonds is 6. The van der Waals surface area contributed by atoms with Crippen LogP contribution in [0.2, 0.25) is 0 Å². The number of amides is 1. The summed E-state index contributed by atoms with van der Waals surface area (Å²) in [6.45, 7) is 8.48. The molecule has 2 fully saturated rings. The molecule has 0 bridgehead atoms. The maximum absolute atomic E-state index is 12.7. The summed E-state index contributed by atoms with van der Waals surface area (Å²) < 4.78 is 0. The number of nitrogens with one attached hydrogen (secondary N) is 2. The average Bonchev–Trinajstić information content (AvgIpc) is 3.33. The van der Waals surface area contributed by atoms with Crippen molar-refractivity contribution < 1.29 is 15.0 Å². The molecule has 0 radical (unpaired) electrons. The van der Waals surface area contributed by atoms with E-state index in [0.29, 0.717) is 41.0 Å². The molecule has 1 aromatic carbocycles. The Kier molecular flexibility index (Phi) is 6.60. The van der Waals surface area contributed by atoms with Crippen LogP contribution in [0.4, 0.5) is 10.8 Å². The molecule has 1 heterocycles. The molecule has 1 aromatic heterocycles. The Bertz CT molecular complexity index is 1100. The number of carbonyl (C=O) groups excluding carboxylic acids is 1. The molecule has 4 N–H and O–H groups in total. The number of hydrogen-bond donors (Lipinski definition) is 4. The minimum Gasteiger partial charge on any atom is -0.506 e. The van der Waals surface area contributed by atoms with Gasteiger partial charge in [-0.1, -0.05) is 13.0 Å². The Morgan fingerprint density at radius 1 is 1.31 bits per heavy atom. The van der Waals surface area contributed by atoms with Crippen LogP contribution in [0.3, 0.4) is 0 Å². The van der Waals surface area contributed by atoms with Crippen molar-refractivity contribution in [2.24, 2.45) is 23.2 Å². The molecule has 6 atom stereocenters. The fourth-order valence-electron chi connectivity index (χ4n) is 7.57. The van der Waals surface area contributed by atoms with Gasteiger partial charge in [-0.25, -0.2) is 4.98 Å². The highest BCUT2D eigenvalue weighted by Gasteiger charge is 2.58. The molecule has 2 aromatic rings. The summed E-state index contributed by atoms with van der Waals surface area (Å²) in [6, 6.07) is 4.25. The maximum atomic E-state index is 12.7. The first-order chi connectivity index (χ1) is 16.7. The summed E-state index contributed by atoms with van der Waals surface area (Å²) in [5.74, 6) is 2.07. The Balaban J connectivity index is 1.36. The van der Waals surface area contributed by atoms with Crippen LogP contribution in [-0.2, 0) is 11.2 Å². The van der Waals surface area contributed by atoms with E-state index >= 15 is 0 Å². The van der Waals surface area contributed by atoms with E-state index in [1.165, 1.54) is 22.5 Å². The molecule has 2 saturated carbocycles. The standard InChI is InChI=1S/C28H39N3O3S/c1-15(2)30-26-21-7-6-20-19(18(21)8-9-22(26)32)11-12-28(4)23(33)13-17(25(20)28)5-10-24(34)31-27-29-14-16(3)35-27/h8-9,14-15,17,19-20,23,25,30,32-33H,5-7,10-13H2,1-4H3,(H,29,31,34)/t17-,19?,20?,23+,25?,28-/m1/s1. The number of benzene rings is 1. The number of aliphatic hydroxyl groups is 1. The number of thiazole rings is 1. The predicted octanol–water partition coefficient (Wildman–Crippen LogP) is 5.84. The van der Waals surface area contributed by atoms with Crippen LogP contribution in [0.15, 0.2) is 18.3 Å². The van der Waals surface area contributed by atoms with Crippen molar-refractivity contribution in [1.82, 2.24) is 4.98 Å². The molecule has 190 valence electrons. The second kappa shape index (κ2) is 9.40. The number of anilines is 2. The Morgan fingerprint density at radius 3 is 2.83 bits per heavy atom. The van der Waals surface area contributed by atoms with E-state index in [-0.39, 0.29) is 23.5 Å². The van der Waals surface area contributed by atoms with E-state index in [1.807, 2.05) is 13.0 Å². The van der Waals surface area contributed by atoms with Crippen LogP contribution >= 0.6 is 11.3 Å². The van der Waals surface area contributed by atoms with Crippen LogP contribution in [0.1, 0.15) is 81.2 Å². The first kappa shape index (κ1) is 24.6. The second-order valence-corrected chi connectivity index (χ2v) is 12.8. The predicted molar refractivity (Wildman–Crippen MR) is 141 cm³/mol. The number of nitrogens with zero attached hydrogens (tertiary/aromatic N) is 1. The molecular formula is C28H39N3O3S. The highest BCUT2D eigenvalue weighted by Crippen LogP contribution is 2.64. The molecule has 6 nitrogen and oxygen atoms in total. The number of aromatic hydroxyl groups is 1. The highest BCUT2D eigenvalue weighted by molar-refractivity contribution is 7.15. The minimum absolute atomic E-state index is 0.0173. The van der Waals surface area contributed by atoms with Crippen molar-refractivity contribution in [3.8, 4) is 5.75 Å². The van der Waals surface area contributed by atoms with Gasteiger partial charge in [0.25, 0.3) is 0 Å². The van der Waals surface area contributed by atoms with Gasteiger partial charge in [-0.05, 0) is 106 Å². The molecule has 7 heteroatoms. The van der Waals surface area contributed by atoms with E-state index in [9.17, 15) is 15.0 Å². The first-order valence-corrected chi connectivity index (χ1v) is 14.0. The number of fused-ring (bicyclic) bond motifs is 5. The highest BCUT2D eigenvalue weighted by atomic mass is 32.1. The average molecular weight is 498 g/mol. The summed E-state index contributed by atoms with van der Waals surface area (Å²) in [7, 11) is 0. The largest absolute Gasteiger partial charge is 0.506 e. The zero-order valence-electron chi connectivity index (χ0n) is 21.3. The smallest absolute Gasteiger partial charge is 0.226 e. The van der Waals surface area contributed by atoms with Crippen LogP contribution in [0.25, 0.3) is 0 Å². The van der Waals surface area contributed by atoms with Gasteiger partial charge in [0.2, 0.25) is 5.91 Å². The molecule has 1 amide bonds. The maximum Gasteiger partial charge on any atom is 0.226 e. The topological polar surface area (TPSA) is 94.5 Å². The number of aromatic nitrogens is 1. The SMILES string of the molecule is Cc1cnc(NC(=O)CC[C@@H]2C[C@H](O)[C@@]3(C)CCC4c5ccc(O)c(NC(C)C)c5CCC4C23)s1. The Labute approximate surface area is 212 Å². The van der Waals surface area contributed by atoms with Gasteiger partial charge in [0, 0.05) is 23.5 Å². The lowest BCUT2D eigenvalue weighted by Gasteiger charge is -2.51. The van der Waals surface area contributed by atoms with E-state index in [1.54, 1.807) is 6.20 Å². The van der Waals surface area contributed by atoms with Gasteiger partial charge in [-0.2, -0.15) is 0 Å². The molecule has 35 heavy (non-hydrogen) atoms. The summed E-state index contributed by atoms with van der Waals surface area (Å²) in [5, 5.41) is 28.8. The van der Waals surface area contributed by atoms with Crippen LogP contribution < -0.4 is 10.6 Å². The van der Waals surface area contributed by atoms with Gasteiger partial charge in [0.1, 0.15) is 5.75 Å². The lowest BCUT2D eigenvalue weighted by molar-refractivity contribution is -0.116. The number of aliphatic hydroxyl groups excluding tert-OH is 1. The number of phenolic OH excluding ortho intramolecular Hbond substituents is 1. The summed E-state index contributed by atoms with van der Waals surface area (Å²) in [5.41, 5.74) is 3.47. The third kappa shape index (κ3) is 4.46. The van der Waals surface area contributed by atoms with Crippen molar-refractivity contribution in [2.45, 2.75) is 90.7 Å².